The Kier molecular flexibility index (Phi) is 7.24. The highest BCUT2D eigenvalue weighted by atomic mass is 32.2. The maximum absolute atomic E-state index is 12.4. The van der Waals surface area contributed by atoms with Crippen molar-refractivity contribution in [2.24, 2.45) is 0 Å². The Labute approximate surface area is 184 Å². The van der Waals surface area contributed by atoms with Crippen molar-refractivity contribution in [2.45, 2.75) is 39.1 Å². The first-order chi connectivity index (χ1) is 14.9. The summed E-state index contributed by atoms with van der Waals surface area (Å²) in [5, 5.41) is 22.7. The molecule has 0 saturated carbocycles. The number of ether oxygens (including phenoxy) is 1. The van der Waals surface area contributed by atoms with Gasteiger partial charge in [-0.05, 0) is 38.0 Å². The minimum Gasteiger partial charge on any atom is -0.485 e. The molecule has 31 heavy (non-hydrogen) atoms. The van der Waals surface area contributed by atoms with Gasteiger partial charge in [-0.1, -0.05) is 36.0 Å². The summed E-state index contributed by atoms with van der Waals surface area (Å²) in [6.45, 7) is 6.62. The van der Waals surface area contributed by atoms with Crippen LogP contribution >= 0.6 is 11.8 Å². The Bertz CT molecular complexity index is 1100. The number of nitro benzene ring substituents is 1. The number of nitrogens with zero attached hydrogens (tertiary/aromatic N) is 4. The molecule has 0 aliphatic rings. The van der Waals surface area contributed by atoms with Crippen molar-refractivity contribution in [3.8, 4) is 5.75 Å². The van der Waals surface area contributed by atoms with E-state index >= 15 is 0 Å². The van der Waals surface area contributed by atoms with Crippen molar-refractivity contribution in [2.75, 3.05) is 11.1 Å². The highest BCUT2D eigenvalue weighted by molar-refractivity contribution is 7.99. The first-order valence-electron chi connectivity index (χ1n) is 9.67. The molecule has 1 heterocycles. The van der Waals surface area contributed by atoms with Gasteiger partial charge in [0.1, 0.15) is 12.4 Å². The molecule has 3 rings (SSSR count). The van der Waals surface area contributed by atoms with Crippen LogP contribution in [0.3, 0.4) is 0 Å². The first kappa shape index (κ1) is 22.3. The van der Waals surface area contributed by atoms with Crippen LogP contribution in [0.5, 0.6) is 5.75 Å². The molecule has 9 nitrogen and oxygen atoms in total. The van der Waals surface area contributed by atoms with E-state index in [1.807, 2.05) is 42.7 Å². The molecule has 1 amide bonds. The lowest BCUT2D eigenvalue weighted by molar-refractivity contribution is -0.384. The molecule has 0 fully saturated rings. The minimum atomic E-state index is -0.492. The van der Waals surface area contributed by atoms with Gasteiger partial charge in [0.15, 0.2) is 11.0 Å². The van der Waals surface area contributed by atoms with Crippen LogP contribution in [0.15, 0.2) is 47.6 Å². The molecular formula is C21H23N5O4S. The molecule has 1 N–H and O–H groups in total. The van der Waals surface area contributed by atoms with E-state index < -0.39 is 4.92 Å². The first-order valence-corrected chi connectivity index (χ1v) is 10.7. The molecule has 0 aliphatic carbocycles. The fraction of sp³-hybridized carbons (Fsp3) is 0.286. The molecule has 3 aromatic rings. The molecule has 162 valence electrons. The van der Waals surface area contributed by atoms with E-state index in [1.54, 1.807) is 13.0 Å². The Morgan fingerprint density at radius 3 is 2.68 bits per heavy atom. The van der Waals surface area contributed by atoms with E-state index in [-0.39, 0.29) is 24.0 Å². The summed E-state index contributed by atoms with van der Waals surface area (Å²) < 4.78 is 7.76. The molecule has 2 aromatic carbocycles. The topological polar surface area (TPSA) is 112 Å². The summed E-state index contributed by atoms with van der Waals surface area (Å²) >= 11 is 1.25. The predicted octanol–water partition coefficient (Wildman–Crippen LogP) is 4.13. The third-order valence-corrected chi connectivity index (χ3v) is 5.57. The number of carbonyl (C=O) groups is 1. The van der Waals surface area contributed by atoms with Gasteiger partial charge in [0, 0.05) is 18.7 Å². The zero-order chi connectivity index (χ0) is 22.4. The number of para-hydroxylation sites is 1. The number of aryl methyl sites for hydroxylation is 2. The van der Waals surface area contributed by atoms with Crippen molar-refractivity contribution in [1.29, 1.82) is 0 Å². The van der Waals surface area contributed by atoms with Gasteiger partial charge in [-0.3, -0.25) is 14.9 Å². The Morgan fingerprint density at radius 1 is 1.19 bits per heavy atom. The lowest BCUT2D eigenvalue weighted by Gasteiger charge is -2.11. The van der Waals surface area contributed by atoms with Crippen molar-refractivity contribution < 1.29 is 14.5 Å². The monoisotopic (exact) mass is 441 g/mol. The summed E-state index contributed by atoms with van der Waals surface area (Å²) in [4.78, 5) is 22.9. The number of amides is 1. The number of hydrogen-bond acceptors (Lipinski definition) is 7. The van der Waals surface area contributed by atoms with Crippen molar-refractivity contribution in [1.82, 2.24) is 14.8 Å². The number of aromatic nitrogens is 3. The normalized spacial score (nSPS) is 10.7. The zero-order valence-corrected chi connectivity index (χ0v) is 18.3. The summed E-state index contributed by atoms with van der Waals surface area (Å²) in [5.74, 6) is 1.27. The molecular weight excluding hydrogens is 418 g/mol. The van der Waals surface area contributed by atoms with E-state index in [4.69, 9.17) is 4.74 Å². The number of nitro groups is 1. The number of thioether (sulfide) groups is 1. The average molecular weight is 442 g/mol. The van der Waals surface area contributed by atoms with Crippen LogP contribution in [-0.2, 0) is 17.9 Å². The molecule has 0 radical (unpaired) electrons. The van der Waals surface area contributed by atoms with E-state index in [9.17, 15) is 14.9 Å². The standard InChI is InChI=1S/C21H23N5O4S/c1-4-25-19(12-30-18-8-6-5-7-15(18)3)23-24-21(25)31-13-20(27)22-17-11-16(26(28)29)10-9-14(17)2/h5-11H,4,12-13H2,1-3H3,(H,22,27). The van der Waals surface area contributed by atoms with Gasteiger partial charge in [-0.15, -0.1) is 10.2 Å². The van der Waals surface area contributed by atoms with Gasteiger partial charge in [0.05, 0.1) is 16.4 Å². The third kappa shape index (κ3) is 5.60. The highest BCUT2D eigenvalue weighted by Crippen LogP contribution is 2.24. The fourth-order valence-corrected chi connectivity index (χ4v) is 3.71. The highest BCUT2D eigenvalue weighted by Gasteiger charge is 2.15. The summed E-state index contributed by atoms with van der Waals surface area (Å²) in [6.07, 6.45) is 0. The molecule has 1 aromatic heterocycles. The third-order valence-electron chi connectivity index (χ3n) is 4.60. The quantitative estimate of drug-likeness (QED) is 0.302. The molecule has 0 unspecified atom stereocenters. The van der Waals surface area contributed by atoms with Crippen LogP contribution in [0.25, 0.3) is 0 Å². The number of rotatable bonds is 9. The van der Waals surface area contributed by atoms with Gasteiger partial charge in [-0.25, -0.2) is 0 Å². The minimum absolute atomic E-state index is 0.0717. The summed E-state index contributed by atoms with van der Waals surface area (Å²) in [7, 11) is 0. The number of carbonyl (C=O) groups excluding carboxylic acids is 1. The van der Waals surface area contributed by atoms with Crippen LogP contribution in [0.4, 0.5) is 11.4 Å². The van der Waals surface area contributed by atoms with Crippen LogP contribution in [0, 0.1) is 24.0 Å². The van der Waals surface area contributed by atoms with Crippen LogP contribution in [-0.4, -0.2) is 31.3 Å². The van der Waals surface area contributed by atoms with Crippen LogP contribution < -0.4 is 10.1 Å². The SMILES string of the molecule is CCn1c(COc2ccccc2C)nnc1SCC(=O)Nc1cc([N+](=O)[O-])ccc1C. The molecule has 0 saturated heterocycles. The molecule has 0 spiro atoms. The maximum atomic E-state index is 12.4. The molecule has 10 heteroatoms. The summed E-state index contributed by atoms with van der Waals surface area (Å²) in [5.41, 5.74) is 2.13. The van der Waals surface area contributed by atoms with Crippen molar-refractivity contribution in [3.63, 3.8) is 0 Å². The second-order valence-corrected chi connectivity index (χ2v) is 7.73. The van der Waals surface area contributed by atoms with Crippen LogP contribution in [0.2, 0.25) is 0 Å². The number of anilines is 1. The van der Waals surface area contributed by atoms with Gasteiger partial charge in [0.25, 0.3) is 5.69 Å². The summed E-state index contributed by atoms with van der Waals surface area (Å²) in [6, 6.07) is 12.1. The number of non-ortho nitro benzene ring substituents is 1. The fourth-order valence-electron chi connectivity index (χ4n) is 2.89. The Hall–Kier alpha value is -3.40. The van der Waals surface area contributed by atoms with Crippen molar-refractivity contribution in [3.05, 3.63) is 69.5 Å². The lowest BCUT2D eigenvalue weighted by atomic mass is 10.2. The van der Waals surface area contributed by atoms with E-state index in [0.29, 0.717) is 23.2 Å². The van der Waals surface area contributed by atoms with Crippen LogP contribution in [0.1, 0.15) is 23.9 Å². The Morgan fingerprint density at radius 2 is 1.97 bits per heavy atom. The molecule has 0 aliphatic heterocycles. The average Bonchev–Trinajstić information content (AvgIpc) is 3.15. The maximum Gasteiger partial charge on any atom is 0.271 e. The van der Waals surface area contributed by atoms with E-state index in [2.05, 4.69) is 15.5 Å². The number of hydrogen-bond donors (Lipinski definition) is 1. The van der Waals surface area contributed by atoms with Gasteiger partial charge >= 0.3 is 0 Å². The molecule has 0 atom stereocenters. The zero-order valence-electron chi connectivity index (χ0n) is 17.5. The second kappa shape index (κ2) is 10.1. The van der Waals surface area contributed by atoms with Gasteiger partial charge in [0.2, 0.25) is 5.91 Å². The second-order valence-electron chi connectivity index (χ2n) is 6.79. The largest absolute Gasteiger partial charge is 0.485 e. The Balaban J connectivity index is 1.62. The van der Waals surface area contributed by atoms with Gasteiger partial charge in [-0.2, -0.15) is 0 Å². The number of benzene rings is 2. The smallest absolute Gasteiger partial charge is 0.271 e. The number of nitrogens with one attached hydrogen (secondary N) is 1. The predicted molar refractivity (Wildman–Crippen MR) is 118 cm³/mol. The van der Waals surface area contributed by atoms with Gasteiger partial charge < -0.3 is 14.6 Å². The molecule has 0 bridgehead atoms. The lowest BCUT2D eigenvalue weighted by Crippen LogP contribution is -2.16. The van der Waals surface area contributed by atoms with E-state index in [0.717, 1.165) is 16.9 Å². The van der Waals surface area contributed by atoms with Crippen molar-refractivity contribution >= 4 is 29.0 Å². The van der Waals surface area contributed by atoms with E-state index in [1.165, 1.54) is 23.9 Å².